The Bertz CT molecular complexity index is 1480. The van der Waals surface area contributed by atoms with E-state index in [1.807, 2.05) is 6.07 Å². The molecule has 0 radical (unpaired) electrons. The Hall–Kier alpha value is -3.22. The number of aromatic nitrogens is 2. The topological polar surface area (TPSA) is 65.3 Å². The van der Waals surface area contributed by atoms with Crippen LogP contribution in [-0.4, -0.2) is 48.7 Å². The summed E-state index contributed by atoms with van der Waals surface area (Å²) in [5, 5.41) is 6.48. The summed E-state index contributed by atoms with van der Waals surface area (Å²) >= 11 is 0. The minimum absolute atomic E-state index is 0.330. The van der Waals surface area contributed by atoms with Gasteiger partial charge in [0.05, 0.1) is 20.3 Å². The summed E-state index contributed by atoms with van der Waals surface area (Å²) in [6, 6.07) is 13.6. The van der Waals surface area contributed by atoms with Crippen molar-refractivity contribution in [3.8, 4) is 11.5 Å². The lowest BCUT2D eigenvalue weighted by Crippen LogP contribution is -2.46. The highest BCUT2D eigenvalue weighted by Gasteiger charge is 2.40. The van der Waals surface area contributed by atoms with Crippen LogP contribution < -0.4 is 14.8 Å². The third-order valence-corrected chi connectivity index (χ3v) is 9.25. The zero-order valence-corrected chi connectivity index (χ0v) is 21.8. The Morgan fingerprint density at radius 1 is 0.946 bits per heavy atom. The van der Waals surface area contributed by atoms with Gasteiger partial charge >= 0.3 is 0 Å². The largest absolute Gasteiger partial charge is 0.497 e. The van der Waals surface area contributed by atoms with Gasteiger partial charge in [-0.3, -0.25) is 4.90 Å². The molecule has 3 aliphatic rings. The molecule has 0 unspecified atom stereocenters. The number of fused-ring (bicyclic) bond motifs is 8. The van der Waals surface area contributed by atoms with Gasteiger partial charge in [-0.2, -0.15) is 0 Å². The molecule has 0 bridgehead atoms. The fraction of sp³-hybridized carbons (Fsp3) is 0.419. The number of methoxy groups -OCH3 is 2. The third-order valence-electron chi connectivity index (χ3n) is 9.25. The van der Waals surface area contributed by atoms with E-state index in [0.717, 1.165) is 56.8 Å². The van der Waals surface area contributed by atoms with E-state index in [0.29, 0.717) is 23.9 Å². The van der Waals surface area contributed by atoms with Crippen molar-refractivity contribution in [3.05, 3.63) is 71.6 Å². The summed E-state index contributed by atoms with van der Waals surface area (Å²) in [4.78, 5) is 10.3. The molecular formula is C31H36N4O2. The van der Waals surface area contributed by atoms with Crippen LogP contribution in [0.1, 0.15) is 47.4 Å². The minimum Gasteiger partial charge on any atom is -0.497 e. The van der Waals surface area contributed by atoms with Gasteiger partial charge in [0.2, 0.25) is 0 Å². The molecule has 3 aliphatic heterocycles. The van der Waals surface area contributed by atoms with E-state index in [1.165, 1.54) is 44.3 Å². The monoisotopic (exact) mass is 496 g/mol. The highest BCUT2D eigenvalue weighted by Crippen LogP contribution is 2.46. The minimum atomic E-state index is 0.330. The number of rotatable bonds is 5. The lowest BCUT2D eigenvalue weighted by atomic mass is 9.75. The summed E-state index contributed by atoms with van der Waals surface area (Å²) in [5.74, 6) is 2.92. The molecule has 37 heavy (non-hydrogen) atoms. The maximum Gasteiger partial charge on any atom is 0.119 e. The summed E-state index contributed by atoms with van der Waals surface area (Å²) in [5.41, 5.74) is 8.14. The van der Waals surface area contributed by atoms with Crippen LogP contribution in [0.25, 0.3) is 21.8 Å². The van der Waals surface area contributed by atoms with Crippen LogP contribution in [0.5, 0.6) is 11.5 Å². The van der Waals surface area contributed by atoms with Gasteiger partial charge in [0.15, 0.2) is 0 Å². The van der Waals surface area contributed by atoms with Crippen LogP contribution in [0.3, 0.4) is 0 Å². The van der Waals surface area contributed by atoms with E-state index in [2.05, 4.69) is 63.2 Å². The summed E-state index contributed by atoms with van der Waals surface area (Å²) in [6.07, 6.45) is 6.61. The number of hydrogen-bond donors (Lipinski definition) is 3. The Balaban J connectivity index is 1.20. The van der Waals surface area contributed by atoms with Crippen molar-refractivity contribution in [2.75, 3.05) is 33.9 Å². The van der Waals surface area contributed by atoms with Gasteiger partial charge in [-0.1, -0.05) is 6.08 Å². The number of H-pyrrole nitrogens is 2. The average Bonchev–Trinajstić information content (AvgIpc) is 3.51. The molecule has 2 aromatic heterocycles. The zero-order valence-electron chi connectivity index (χ0n) is 21.8. The molecule has 3 N–H and O–H groups in total. The molecule has 6 heteroatoms. The van der Waals surface area contributed by atoms with Crippen LogP contribution in [0.2, 0.25) is 0 Å². The van der Waals surface area contributed by atoms with Crippen molar-refractivity contribution in [2.45, 2.75) is 37.8 Å². The van der Waals surface area contributed by atoms with Gasteiger partial charge in [0, 0.05) is 52.3 Å². The summed E-state index contributed by atoms with van der Waals surface area (Å²) in [7, 11) is 3.49. The maximum absolute atomic E-state index is 5.53. The predicted molar refractivity (Wildman–Crippen MR) is 149 cm³/mol. The Morgan fingerprint density at radius 2 is 1.62 bits per heavy atom. The van der Waals surface area contributed by atoms with E-state index in [9.17, 15) is 0 Å². The maximum atomic E-state index is 5.53. The van der Waals surface area contributed by atoms with Crippen LogP contribution in [0.15, 0.2) is 49.1 Å². The van der Waals surface area contributed by atoms with E-state index >= 15 is 0 Å². The summed E-state index contributed by atoms with van der Waals surface area (Å²) in [6.45, 7) is 7.47. The molecule has 0 amide bonds. The quantitative estimate of drug-likeness (QED) is 0.312. The second kappa shape index (κ2) is 8.96. The molecule has 7 rings (SSSR count). The average molecular weight is 497 g/mol. The van der Waals surface area contributed by atoms with Gasteiger partial charge in [-0.15, -0.1) is 6.58 Å². The molecule has 4 aromatic rings. The fourth-order valence-electron chi connectivity index (χ4n) is 7.35. The smallest absolute Gasteiger partial charge is 0.119 e. The first-order valence-corrected chi connectivity index (χ1v) is 13.6. The van der Waals surface area contributed by atoms with Gasteiger partial charge < -0.3 is 24.8 Å². The number of ether oxygens (including phenoxy) is 2. The van der Waals surface area contributed by atoms with E-state index in [-0.39, 0.29) is 0 Å². The first-order valence-electron chi connectivity index (χ1n) is 13.6. The normalized spacial score (nSPS) is 25.5. The van der Waals surface area contributed by atoms with Crippen molar-refractivity contribution in [3.63, 3.8) is 0 Å². The molecule has 2 aromatic carbocycles. The first-order chi connectivity index (χ1) is 18.2. The number of aromatic amines is 2. The lowest BCUT2D eigenvalue weighted by molar-refractivity contribution is 0.0623. The Morgan fingerprint density at radius 3 is 2.30 bits per heavy atom. The molecule has 0 spiro atoms. The van der Waals surface area contributed by atoms with Gasteiger partial charge in [-0.25, -0.2) is 0 Å². The van der Waals surface area contributed by atoms with Crippen LogP contribution in [0.4, 0.5) is 0 Å². The highest BCUT2D eigenvalue weighted by atomic mass is 16.5. The molecule has 5 heterocycles. The second-order valence-corrected chi connectivity index (χ2v) is 11.0. The second-order valence-electron chi connectivity index (χ2n) is 11.0. The zero-order chi connectivity index (χ0) is 25.1. The number of piperidine rings is 1. The SMILES string of the molecule is C=C[C@H]1CN2CCc3c([nH]c4ccc(OC)cc34)[C@H]2C[C@H]1C[C@H]1NCCc2c1[nH]c1ccc(OC)cc21. The van der Waals surface area contributed by atoms with Crippen molar-refractivity contribution in [1.29, 1.82) is 0 Å². The van der Waals surface area contributed by atoms with Gasteiger partial charge in [-0.05, 0) is 91.6 Å². The molecule has 192 valence electrons. The standard InChI is InChI=1S/C31H36N4O2/c1-4-18-17-35-12-10-23-25-16-21(37-3)6-8-27(25)34-31(23)29(35)14-19(18)13-28-30-22(9-11-32-28)24-15-20(36-2)5-7-26(24)33-30/h4-8,15-16,18-19,28-29,32-34H,1,9-14,17H2,2-3H3/t18-,19+,28+,29+/m0/s1. The third kappa shape index (κ3) is 3.69. The lowest BCUT2D eigenvalue weighted by Gasteiger charge is -2.46. The first kappa shape index (κ1) is 22.9. The van der Waals surface area contributed by atoms with Crippen LogP contribution in [0, 0.1) is 11.8 Å². The van der Waals surface area contributed by atoms with Crippen LogP contribution in [-0.2, 0) is 12.8 Å². The van der Waals surface area contributed by atoms with E-state index in [1.54, 1.807) is 14.2 Å². The van der Waals surface area contributed by atoms with E-state index in [4.69, 9.17) is 9.47 Å². The molecule has 1 saturated heterocycles. The fourth-order valence-corrected chi connectivity index (χ4v) is 7.35. The number of hydrogen-bond acceptors (Lipinski definition) is 4. The number of nitrogens with one attached hydrogen (secondary N) is 3. The molecule has 6 nitrogen and oxygen atoms in total. The molecule has 1 fully saturated rings. The summed E-state index contributed by atoms with van der Waals surface area (Å²) < 4.78 is 11.0. The number of benzene rings is 2. The van der Waals surface area contributed by atoms with Crippen molar-refractivity contribution in [1.82, 2.24) is 20.2 Å². The van der Waals surface area contributed by atoms with Crippen molar-refractivity contribution in [2.24, 2.45) is 11.8 Å². The molecule has 4 atom stereocenters. The molecule has 0 saturated carbocycles. The molecular weight excluding hydrogens is 460 g/mol. The van der Waals surface area contributed by atoms with Crippen LogP contribution >= 0.6 is 0 Å². The van der Waals surface area contributed by atoms with Gasteiger partial charge in [0.1, 0.15) is 11.5 Å². The van der Waals surface area contributed by atoms with Crippen molar-refractivity contribution >= 4 is 21.8 Å². The predicted octanol–water partition coefficient (Wildman–Crippen LogP) is 5.66. The molecule has 0 aliphatic carbocycles. The highest BCUT2D eigenvalue weighted by molar-refractivity contribution is 5.87. The van der Waals surface area contributed by atoms with Crippen molar-refractivity contribution < 1.29 is 9.47 Å². The Labute approximate surface area is 218 Å². The van der Waals surface area contributed by atoms with E-state index < -0.39 is 0 Å². The Kier molecular flexibility index (Phi) is 5.56. The number of nitrogens with zero attached hydrogens (tertiary/aromatic N) is 1. The van der Waals surface area contributed by atoms with Gasteiger partial charge in [0.25, 0.3) is 0 Å².